The molecule has 11 heteroatoms. The summed E-state index contributed by atoms with van der Waals surface area (Å²) in [6.07, 6.45) is -6.24. The lowest BCUT2D eigenvalue weighted by Crippen LogP contribution is -2.46. The number of carbonyl (C=O) groups excluding carboxylic acids is 1. The van der Waals surface area contributed by atoms with E-state index in [2.05, 4.69) is 4.98 Å². The van der Waals surface area contributed by atoms with Crippen molar-refractivity contribution in [2.24, 2.45) is 11.7 Å². The van der Waals surface area contributed by atoms with Gasteiger partial charge >= 0.3 is 17.6 Å². The van der Waals surface area contributed by atoms with Crippen molar-refractivity contribution in [2.75, 3.05) is 5.73 Å². The zero-order valence-electron chi connectivity index (χ0n) is 14.5. The van der Waals surface area contributed by atoms with Gasteiger partial charge in [-0.3, -0.25) is 9.36 Å². The van der Waals surface area contributed by atoms with E-state index in [1.807, 2.05) is 0 Å². The van der Waals surface area contributed by atoms with Crippen molar-refractivity contribution in [3.8, 4) is 0 Å². The number of ether oxygens (including phenoxy) is 2. The van der Waals surface area contributed by atoms with E-state index in [1.54, 1.807) is 13.8 Å². The molecule has 5 atom stereocenters. The second-order valence-electron chi connectivity index (χ2n) is 6.53. The Morgan fingerprint density at radius 3 is 2.62 bits per heavy atom. The van der Waals surface area contributed by atoms with Gasteiger partial charge in [-0.25, -0.2) is 4.79 Å². The van der Waals surface area contributed by atoms with Crippen molar-refractivity contribution in [1.82, 2.24) is 9.55 Å². The highest BCUT2D eigenvalue weighted by Gasteiger charge is 2.61. The lowest BCUT2D eigenvalue weighted by atomic mass is 10.0. The first-order chi connectivity index (χ1) is 12.0. The molecule has 1 saturated heterocycles. The number of rotatable bonds is 5. The number of anilines is 1. The van der Waals surface area contributed by atoms with Gasteiger partial charge in [-0.05, 0) is 18.9 Å². The minimum Gasteiger partial charge on any atom is -0.459 e. The Bertz CT molecular complexity index is 726. The highest BCUT2D eigenvalue weighted by molar-refractivity contribution is 5.76. The van der Waals surface area contributed by atoms with E-state index in [4.69, 9.17) is 20.9 Å². The van der Waals surface area contributed by atoms with Crippen molar-refractivity contribution in [3.63, 3.8) is 0 Å². The quantitative estimate of drug-likeness (QED) is 0.591. The molecule has 2 rings (SSSR count). The number of nitrogens with zero attached hydrogens (tertiary/aromatic N) is 2. The summed E-state index contributed by atoms with van der Waals surface area (Å²) >= 11 is 0. The third kappa shape index (κ3) is 3.69. The van der Waals surface area contributed by atoms with Gasteiger partial charge < -0.3 is 26.0 Å². The molecule has 1 aliphatic heterocycles. The molecule has 5 N–H and O–H groups in total. The summed E-state index contributed by atoms with van der Waals surface area (Å²) < 4.78 is 39.6. The number of nitrogens with two attached hydrogens (primary N) is 2. The fourth-order valence-corrected chi connectivity index (χ4v) is 2.50. The van der Waals surface area contributed by atoms with Crippen LogP contribution < -0.4 is 17.2 Å². The minimum absolute atomic E-state index is 0.144. The van der Waals surface area contributed by atoms with Gasteiger partial charge in [-0.2, -0.15) is 13.8 Å². The number of halogens is 2. The molecule has 0 amide bonds. The van der Waals surface area contributed by atoms with Gasteiger partial charge in [0.05, 0.1) is 0 Å². The van der Waals surface area contributed by atoms with Gasteiger partial charge in [-0.15, -0.1) is 0 Å². The normalized spacial score (nSPS) is 27.3. The number of aliphatic hydroxyl groups excluding tert-OH is 1. The molecule has 0 aliphatic carbocycles. The maximum absolute atomic E-state index is 14.4. The number of esters is 1. The Kier molecular flexibility index (Phi) is 5.64. The zero-order chi connectivity index (χ0) is 19.8. The molecule has 0 saturated carbocycles. The van der Waals surface area contributed by atoms with Crippen LogP contribution in [0.5, 0.6) is 0 Å². The van der Waals surface area contributed by atoms with Gasteiger partial charge in [0.15, 0.2) is 6.10 Å². The highest BCUT2D eigenvalue weighted by Crippen LogP contribution is 2.43. The van der Waals surface area contributed by atoms with Crippen LogP contribution >= 0.6 is 0 Å². The summed E-state index contributed by atoms with van der Waals surface area (Å²) in [4.78, 5) is 27.1. The zero-order valence-corrected chi connectivity index (χ0v) is 14.5. The molecule has 9 nitrogen and oxygen atoms in total. The van der Waals surface area contributed by atoms with Crippen LogP contribution in [0.25, 0.3) is 0 Å². The summed E-state index contributed by atoms with van der Waals surface area (Å²) in [5.74, 6) is -5.00. The maximum Gasteiger partial charge on any atom is 0.351 e. The molecule has 0 radical (unpaired) electrons. The summed E-state index contributed by atoms with van der Waals surface area (Å²) in [5.41, 5.74) is 9.93. The van der Waals surface area contributed by atoms with E-state index >= 15 is 0 Å². The van der Waals surface area contributed by atoms with Crippen molar-refractivity contribution < 1.29 is 28.2 Å². The smallest absolute Gasteiger partial charge is 0.351 e. The molecular weight excluding hydrogens is 354 g/mol. The molecule has 1 unspecified atom stereocenters. The van der Waals surface area contributed by atoms with E-state index in [1.165, 1.54) is 6.92 Å². The van der Waals surface area contributed by atoms with Gasteiger partial charge in [0.25, 0.3) is 0 Å². The van der Waals surface area contributed by atoms with Crippen LogP contribution in [0.4, 0.5) is 14.6 Å². The molecule has 2 heterocycles. The van der Waals surface area contributed by atoms with E-state index in [0.717, 1.165) is 12.3 Å². The number of nitrogen functional groups attached to an aromatic ring is 1. The first-order valence-corrected chi connectivity index (χ1v) is 7.98. The van der Waals surface area contributed by atoms with Crippen LogP contribution in [0.3, 0.4) is 0 Å². The Hall–Kier alpha value is -2.11. The number of aromatic nitrogens is 2. The average molecular weight is 376 g/mol. The maximum atomic E-state index is 14.4. The Morgan fingerprint density at radius 1 is 1.46 bits per heavy atom. The van der Waals surface area contributed by atoms with Gasteiger partial charge in [0.2, 0.25) is 6.23 Å². The predicted molar refractivity (Wildman–Crippen MR) is 86.1 cm³/mol. The van der Waals surface area contributed by atoms with Crippen LogP contribution in [-0.2, 0) is 14.3 Å². The Morgan fingerprint density at radius 2 is 2.08 bits per heavy atom. The monoisotopic (exact) mass is 376 g/mol. The third-order valence-corrected chi connectivity index (χ3v) is 4.18. The highest BCUT2D eigenvalue weighted by atomic mass is 19.3. The van der Waals surface area contributed by atoms with Crippen molar-refractivity contribution in [1.29, 1.82) is 0 Å². The molecule has 146 valence electrons. The molecular formula is C15H22F2N4O5. The minimum atomic E-state index is -3.83. The third-order valence-electron chi connectivity index (χ3n) is 4.18. The molecule has 26 heavy (non-hydrogen) atoms. The first-order valence-electron chi connectivity index (χ1n) is 7.98. The van der Waals surface area contributed by atoms with Crippen LogP contribution in [0.15, 0.2) is 17.1 Å². The Labute approximate surface area is 147 Å². The molecule has 1 aliphatic rings. The summed E-state index contributed by atoms with van der Waals surface area (Å²) in [5, 5.41) is 9.97. The van der Waals surface area contributed by atoms with E-state index in [9.17, 15) is 23.5 Å². The number of hydrogen-bond donors (Lipinski definition) is 3. The largest absolute Gasteiger partial charge is 0.459 e. The number of aliphatic hydroxyl groups is 1. The number of carbonyl (C=O) groups is 1. The van der Waals surface area contributed by atoms with Gasteiger partial charge in [0, 0.05) is 6.20 Å². The SMILES string of the molecule is CC(C)[C@H](N)C(=O)OC(C)[C@H]1O[C@@H](n2ccc(N)nc2=O)C(F)(F)[C@@H]1O. The van der Waals surface area contributed by atoms with Crippen molar-refractivity contribution >= 4 is 11.8 Å². The standard InChI is InChI=1S/C15H22F2N4O5/c1-6(2)9(19)12(23)25-7(3)10-11(22)15(16,17)13(26-10)21-5-4-8(18)20-14(21)24/h4-7,9-11,13,22H,19H2,1-3H3,(H2,18,20,24)/t7?,9-,10+,11+,13+/m0/s1. The average Bonchev–Trinajstić information content (AvgIpc) is 2.77. The van der Waals surface area contributed by atoms with Crippen molar-refractivity contribution in [2.45, 2.75) is 57.3 Å². The van der Waals surface area contributed by atoms with E-state index < -0.39 is 48.2 Å². The van der Waals surface area contributed by atoms with Crippen LogP contribution in [0, 0.1) is 5.92 Å². The van der Waals surface area contributed by atoms with Gasteiger partial charge in [0.1, 0.15) is 24.1 Å². The molecule has 0 bridgehead atoms. The number of hydrogen-bond acceptors (Lipinski definition) is 8. The van der Waals surface area contributed by atoms with Crippen LogP contribution in [-0.4, -0.2) is 50.9 Å². The second kappa shape index (κ2) is 7.25. The fourth-order valence-electron chi connectivity index (χ4n) is 2.50. The van der Waals surface area contributed by atoms with Crippen LogP contribution in [0.1, 0.15) is 27.0 Å². The lowest BCUT2D eigenvalue weighted by Gasteiger charge is -2.24. The summed E-state index contributed by atoms with van der Waals surface area (Å²) in [7, 11) is 0. The number of alkyl halides is 2. The molecule has 0 aromatic carbocycles. The first kappa shape index (κ1) is 20.2. The summed E-state index contributed by atoms with van der Waals surface area (Å²) in [6.45, 7) is 4.69. The van der Waals surface area contributed by atoms with E-state index in [0.29, 0.717) is 4.57 Å². The van der Waals surface area contributed by atoms with Crippen molar-refractivity contribution in [3.05, 3.63) is 22.7 Å². The fraction of sp³-hybridized carbons (Fsp3) is 0.667. The predicted octanol–water partition coefficient (Wildman–Crippen LogP) is -0.366. The Balaban J connectivity index is 2.22. The molecule has 1 aromatic heterocycles. The summed E-state index contributed by atoms with van der Waals surface area (Å²) in [6, 6.07) is 0.197. The molecule has 0 spiro atoms. The van der Waals surface area contributed by atoms with Crippen LogP contribution in [0.2, 0.25) is 0 Å². The second-order valence-corrected chi connectivity index (χ2v) is 6.53. The van der Waals surface area contributed by atoms with E-state index in [-0.39, 0.29) is 11.7 Å². The molecule has 1 aromatic rings. The topological polar surface area (TPSA) is 143 Å². The lowest BCUT2D eigenvalue weighted by molar-refractivity contribution is -0.163. The van der Waals surface area contributed by atoms with Gasteiger partial charge in [-0.1, -0.05) is 13.8 Å². The molecule has 1 fully saturated rings.